The van der Waals surface area contributed by atoms with Gasteiger partial charge in [0.25, 0.3) is 5.56 Å². The normalized spacial score (nSPS) is 15.0. The molecule has 1 amide bonds. The molecular formula is C23H18FN5O2. The first-order valence-electron chi connectivity index (χ1n) is 9.75. The number of H-pyrrole nitrogens is 1. The zero-order valence-electron chi connectivity index (χ0n) is 16.9. The predicted octanol–water partition coefficient (Wildman–Crippen LogP) is 3.02. The van der Waals surface area contributed by atoms with Gasteiger partial charge in [0.15, 0.2) is 0 Å². The molecule has 0 bridgehead atoms. The fourth-order valence-corrected chi connectivity index (χ4v) is 4.16. The van der Waals surface area contributed by atoms with Crippen molar-refractivity contribution < 1.29 is 9.18 Å². The third-order valence-electron chi connectivity index (χ3n) is 5.83. The van der Waals surface area contributed by atoms with Crippen LogP contribution in [-0.4, -0.2) is 15.9 Å². The van der Waals surface area contributed by atoms with Crippen LogP contribution in [0.15, 0.2) is 35.3 Å². The minimum atomic E-state index is -1.04. The number of nitrogens with one attached hydrogen (secondary N) is 2. The molecule has 4 rings (SSSR count). The lowest BCUT2D eigenvalue weighted by Crippen LogP contribution is -2.40. The number of pyridine rings is 2. The van der Waals surface area contributed by atoms with E-state index >= 15 is 0 Å². The first-order valence-corrected chi connectivity index (χ1v) is 9.75. The number of carbonyl (C=O) groups excluding carboxylic acids is 1. The highest BCUT2D eigenvalue weighted by Crippen LogP contribution is 2.49. The molecule has 0 spiro atoms. The number of aryl methyl sites for hydroxylation is 1. The molecule has 8 heteroatoms. The molecule has 7 nitrogen and oxygen atoms in total. The van der Waals surface area contributed by atoms with Crippen LogP contribution >= 0.6 is 0 Å². The second-order valence-electron chi connectivity index (χ2n) is 7.77. The quantitative estimate of drug-likeness (QED) is 0.678. The lowest BCUT2D eigenvalue weighted by molar-refractivity contribution is -0.124. The first kappa shape index (κ1) is 20.2. The molecule has 0 aliphatic heterocycles. The monoisotopic (exact) mass is 415 g/mol. The van der Waals surface area contributed by atoms with E-state index in [0.29, 0.717) is 40.4 Å². The van der Waals surface area contributed by atoms with Crippen LogP contribution in [0.1, 0.15) is 53.8 Å². The van der Waals surface area contributed by atoms with Gasteiger partial charge in [0, 0.05) is 22.7 Å². The molecule has 0 saturated heterocycles. The summed E-state index contributed by atoms with van der Waals surface area (Å²) in [5.74, 6) is -1.08. The number of amides is 1. The van der Waals surface area contributed by atoms with Crippen LogP contribution in [0, 0.1) is 35.4 Å². The lowest BCUT2D eigenvalue weighted by Gasteiger charge is -2.21. The summed E-state index contributed by atoms with van der Waals surface area (Å²) in [5.41, 5.74) is 0.581. The van der Waals surface area contributed by atoms with Crippen molar-refractivity contribution >= 4 is 16.8 Å². The topological polar surface area (TPSA) is 122 Å². The molecule has 1 atom stereocenters. The van der Waals surface area contributed by atoms with E-state index in [1.807, 2.05) is 6.07 Å². The van der Waals surface area contributed by atoms with Gasteiger partial charge in [-0.3, -0.25) is 14.6 Å². The average Bonchev–Trinajstić information content (AvgIpc) is 3.54. The SMILES string of the molecule is Cc1c(C2(C(=O)N[C@H](C)c3ncc(C#N)cc3F)CC2)c(=O)[nH]c2cccc(C#N)c12. The van der Waals surface area contributed by atoms with Crippen molar-refractivity contribution in [3.8, 4) is 12.1 Å². The highest BCUT2D eigenvalue weighted by Gasteiger charge is 2.54. The van der Waals surface area contributed by atoms with Crippen molar-refractivity contribution in [1.82, 2.24) is 15.3 Å². The third-order valence-corrected chi connectivity index (χ3v) is 5.83. The summed E-state index contributed by atoms with van der Waals surface area (Å²) in [6.45, 7) is 3.34. The Hall–Kier alpha value is -4.04. The number of carbonyl (C=O) groups is 1. The van der Waals surface area contributed by atoms with Crippen molar-refractivity contribution in [3.05, 3.63) is 74.6 Å². The molecule has 1 aromatic carbocycles. The van der Waals surface area contributed by atoms with E-state index in [0.717, 1.165) is 6.07 Å². The molecule has 2 N–H and O–H groups in total. The Labute approximate surface area is 177 Å². The van der Waals surface area contributed by atoms with Gasteiger partial charge in [-0.05, 0) is 50.5 Å². The molecule has 1 aliphatic carbocycles. The minimum absolute atomic E-state index is 0.0130. The van der Waals surface area contributed by atoms with Crippen LogP contribution in [0.25, 0.3) is 10.9 Å². The van der Waals surface area contributed by atoms with Gasteiger partial charge in [0.05, 0.1) is 34.3 Å². The van der Waals surface area contributed by atoms with Crippen LogP contribution in [0.5, 0.6) is 0 Å². The van der Waals surface area contributed by atoms with Gasteiger partial charge in [0.2, 0.25) is 5.91 Å². The van der Waals surface area contributed by atoms with Gasteiger partial charge in [-0.25, -0.2) is 4.39 Å². The van der Waals surface area contributed by atoms with Gasteiger partial charge in [-0.2, -0.15) is 10.5 Å². The predicted molar refractivity (Wildman–Crippen MR) is 110 cm³/mol. The second kappa shape index (κ2) is 7.33. The summed E-state index contributed by atoms with van der Waals surface area (Å²) < 4.78 is 14.3. The van der Waals surface area contributed by atoms with Gasteiger partial charge in [-0.1, -0.05) is 6.07 Å². The van der Waals surface area contributed by atoms with Gasteiger partial charge in [0.1, 0.15) is 11.9 Å². The Morgan fingerprint density at radius 3 is 2.68 bits per heavy atom. The Morgan fingerprint density at radius 2 is 2.06 bits per heavy atom. The maximum atomic E-state index is 14.3. The number of hydrogen-bond acceptors (Lipinski definition) is 5. The first-order chi connectivity index (χ1) is 14.8. The van der Waals surface area contributed by atoms with Crippen molar-refractivity contribution in [3.63, 3.8) is 0 Å². The fraction of sp³-hybridized carbons (Fsp3) is 0.261. The summed E-state index contributed by atoms with van der Waals surface area (Å²) in [6, 6.07) is 9.33. The van der Waals surface area contributed by atoms with E-state index in [1.165, 1.54) is 6.20 Å². The number of nitriles is 2. The van der Waals surface area contributed by atoms with E-state index in [-0.39, 0.29) is 16.8 Å². The number of aromatic nitrogens is 2. The highest BCUT2D eigenvalue weighted by molar-refractivity contribution is 5.95. The van der Waals surface area contributed by atoms with Crippen LogP contribution in [-0.2, 0) is 10.2 Å². The molecule has 154 valence electrons. The summed E-state index contributed by atoms with van der Waals surface area (Å²) in [4.78, 5) is 32.9. The van der Waals surface area contributed by atoms with Gasteiger partial charge >= 0.3 is 0 Å². The van der Waals surface area contributed by atoms with Crippen molar-refractivity contribution in [2.24, 2.45) is 0 Å². The summed E-state index contributed by atoms with van der Waals surface area (Å²) in [7, 11) is 0. The van der Waals surface area contributed by atoms with Crippen LogP contribution in [0.3, 0.4) is 0 Å². The Morgan fingerprint density at radius 1 is 1.32 bits per heavy atom. The molecule has 1 saturated carbocycles. The number of halogens is 1. The van der Waals surface area contributed by atoms with Gasteiger partial charge < -0.3 is 10.3 Å². The van der Waals surface area contributed by atoms with Crippen molar-refractivity contribution in [2.45, 2.75) is 38.1 Å². The molecule has 0 unspecified atom stereocenters. The van der Waals surface area contributed by atoms with Crippen molar-refractivity contribution in [1.29, 1.82) is 10.5 Å². The Bertz CT molecular complexity index is 1380. The van der Waals surface area contributed by atoms with Crippen LogP contribution in [0.4, 0.5) is 4.39 Å². The summed E-state index contributed by atoms with van der Waals surface area (Å²) in [6.07, 6.45) is 2.19. The highest BCUT2D eigenvalue weighted by atomic mass is 19.1. The minimum Gasteiger partial charge on any atom is -0.347 e. The standard InChI is InChI=1S/C23H18FN5O2/c1-12-18-15(10-26)4-3-5-17(18)29-21(30)19(12)23(6-7-23)22(31)28-13(2)20-16(24)8-14(9-25)11-27-20/h3-5,8,11,13H,6-7H2,1-2H3,(H,28,31)(H,29,30)/t13-/m1/s1. The zero-order valence-corrected chi connectivity index (χ0v) is 16.9. The molecule has 1 fully saturated rings. The number of nitrogens with zero attached hydrogens (tertiary/aromatic N) is 3. The molecule has 1 aliphatic rings. The number of hydrogen-bond donors (Lipinski definition) is 2. The number of rotatable bonds is 4. The van der Waals surface area contributed by atoms with Crippen LogP contribution < -0.4 is 10.9 Å². The average molecular weight is 415 g/mol. The summed E-state index contributed by atoms with van der Waals surface area (Å²) in [5, 5.41) is 21.7. The van der Waals surface area contributed by atoms with E-state index in [2.05, 4.69) is 21.4 Å². The number of benzene rings is 1. The maximum Gasteiger partial charge on any atom is 0.252 e. The zero-order chi connectivity index (χ0) is 22.3. The van der Waals surface area contributed by atoms with E-state index < -0.39 is 23.2 Å². The fourth-order valence-electron chi connectivity index (χ4n) is 4.16. The molecular weight excluding hydrogens is 397 g/mol. The second-order valence-corrected chi connectivity index (χ2v) is 7.77. The Balaban J connectivity index is 1.72. The number of aromatic amines is 1. The molecule has 3 aromatic rings. The summed E-state index contributed by atoms with van der Waals surface area (Å²) >= 11 is 0. The van der Waals surface area contributed by atoms with Crippen LogP contribution in [0.2, 0.25) is 0 Å². The van der Waals surface area contributed by atoms with E-state index in [1.54, 1.807) is 32.0 Å². The smallest absolute Gasteiger partial charge is 0.252 e. The van der Waals surface area contributed by atoms with E-state index in [9.17, 15) is 19.2 Å². The van der Waals surface area contributed by atoms with Crippen molar-refractivity contribution in [2.75, 3.05) is 0 Å². The lowest BCUT2D eigenvalue weighted by atomic mass is 9.88. The maximum absolute atomic E-state index is 14.3. The van der Waals surface area contributed by atoms with E-state index in [4.69, 9.17) is 5.26 Å². The van der Waals surface area contributed by atoms with Gasteiger partial charge in [-0.15, -0.1) is 0 Å². The Kier molecular flexibility index (Phi) is 4.79. The number of fused-ring (bicyclic) bond motifs is 1. The largest absolute Gasteiger partial charge is 0.347 e. The molecule has 2 heterocycles. The molecule has 31 heavy (non-hydrogen) atoms. The molecule has 0 radical (unpaired) electrons. The molecule has 2 aromatic heterocycles. The third kappa shape index (κ3) is 3.23.